The molecule has 1 aliphatic heterocycles. The van der Waals surface area contributed by atoms with Crippen LogP contribution in [0.25, 0.3) is 6.08 Å². The number of methoxy groups -OCH3 is 1. The van der Waals surface area contributed by atoms with E-state index >= 15 is 0 Å². The van der Waals surface area contributed by atoms with Crippen LogP contribution in [0.15, 0.2) is 48.2 Å². The third-order valence-electron chi connectivity index (χ3n) is 4.24. The summed E-state index contributed by atoms with van der Waals surface area (Å²) in [6.07, 6.45) is 5.02. The fourth-order valence-corrected chi connectivity index (χ4v) is 2.84. The maximum Gasteiger partial charge on any atom is 0.213 e. The van der Waals surface area contributed by atoms with E-state index in [1.165, 1.54) is 11.1 Å². The van der Waals surface area contributed by atoms with Gasteiger partial charge in [-0.1, -0.05) is 23.8 Å². The SMILES string of the molecule is COc1ccc(C=C(C)CNCc2ccnc(OC3CCOC3)c2)cc1. The van der Waals surface area contributed by atoms with Gasteiger partial charge >= 0.3 is 0 Å². The fraction of sp³-hybridized carbons (Fsp3) is 0.381. The first-order chi connectivity index (χ1) is 12.7. The predicted molar refractivity (Wildman–Crippen MR) is 102 cm³/mol. The summed E-state index contributed by atoms with van der Waals surface area (Å²) in [6.45, 7) is 5.14. The Kier molecular flexibility index (Phi) is 6.63. The lowest BCUT2D eigenvalue weighted by Crippen LogP contribution is -2.18. The Balaban J connectivity index is 1.48. The molecular formula is C21H26N2O3. The lowest BCUT2D eigenvalue weighted by molar-refractivity contribution is 0.138. The summed E-state index contributed by atoms with van der Waals surface area (Å²) in [6, 6.07) is 12.1. The average molecular weight is 354 g/mol. The molecular weight excluding hydrogens is 328 g/mol. The second-order valence-electron chi connectivity index (χ2n) is 6.47. The minimum absolute atomic E-state index is 0.125. The topological polar surface area (TPSA) is 52.6 Å². The number of benzene rings is 1. The number of hydrogen-bond acceptors (Lipinski definition) is 5. The van der Waals surface area contributed by atoms with Crippen molar-refractivity contribution in [1.29, 1.82) is 0 Å². The maximum absolute atomic E-state index is 5.86. The highest BCUT2D eigenvalue weighted by atomic mass is 16.5. The lowest BCUT2D eigenvalue weighted by atomic mass is 10.1. The van der Waals surface area contributed by atoms with Crippen LogP contribution in [0.2, 0.25) is 0 Å². The van der Waals surface area contributed by atoms with E-state index in [0.717, 1.165) is 37.4 Å². The summed E-state index contributed by atoms with van der Waals surface area (Å²) < 4.78 is 16.4. The van der Waals surface area contributed by atoms with Gasteiger partial charge in [-0.2, -0.15) is 0 Å². The van der Waals surface area contributed by atoms with E-state index in [4.69, 9.17) is 14.2 Å². The van der Waals surface area contributed by atoms with E-state index in [2.05, 4.69) is 35.4 Å². The zero-order valence-corrected chi connectivity index (χ0v) is 15.4. The Bertz CT molecular complexity index is 722. The molecule has 1 saturated heterocycles. The van der Waals surface area contributed by atoms with E-state index in [9.17, 15) is 0 Å². The van der Waals surface area contributed by atoms with Crippen LogP contribution in [-0.4, -0.2) is 38.0 Å². The Hall–Kier alpha value is -2.37. The molecule has 1 aromatic carbocycles. The molecule has 26 heavy (non-hydrogen) atoms. The van der Waals surface area contributed by atoms with E-state index in [-0.39, 0.29) is 6.10 Å². The van der Waals surface area contributed by atoms with Gasteiger partial charge in [0.25, 0.3) is 0 Å². The first kappa shape index (κ1) is 18.4. The number of hydrogen-bond donors (Lipinski definition) is 1. The molecule has 1 N–H and O–H groups in total. The number of ether oxygens (including phenoxy) is 3. The molecule has 138 valence electrons. The lowest BCUT2D eigenvalue weighted by Gasteiger charge is -2.12. The molecule has 1 fully saturated rings. The largest absolute Gasteiger partial charge is 0.497 e. The molecule has 1 aliphatic rings. The zero-order chi connectivity index (χ0) is 18.2. The number of nitrogens with one attached hydrogen (secondary N) is 1. The number of rotatable bonds is 8. The Labute approximate surface area is 155 Å². The van der Waals surface area contributed by atoms with Crippen LogP contribution < -0.4 is 14.8 Å². The quantitative estimate of drug-likeness (QED) is 0.787. The van der Waals surface area contributed by atoms with Gasteiger partial charge in [0.05, 0.1) is 20.3 Å². The Morgan fingerprint density at radius 3 is 2.88 bits per heavy atom. The van der Waals surface area contributed by atoms with Gasteiger partial charge in [0, 0.05) is 31.8 Å². The third-order valence-corrected chi connectivity index (χ3v) is 4.24. The van der Waals surface area contributed by atoms with Gasteiger partial charge in [-0.25, -0.2) is 4.98 Å². The highest BCUT2D eigenvalue weighted by Crippen LogP contribution is 2.16. The van der Waals surface area contributed by atoms with Crippen molar-refractivity contribution in [3.63, 3.8) is 0 Å². The molecule has 1 unspecified atom stereocenters. The van der Waals surface area contributed by atoms with Crippen molar-refractivity contribution in [3.05, 3.63) is 59.3 Å². The molecule has 0 aliphatic carbocycles. The Morgan fingerprint density at radius 2 is 2.15 bits per heavy atom. The van der Waals surface area contributed by atoms with E-state index in [1.54, 1.807) is 13.3 Å². The van der Waals surface area contributed by atoms with Crippen molar-refractivity contribution in [1.82, 2.24) is 10.3 Å². The first-order valence-electron chi connectivity index (χ1n) is 8.94. The van der Waals surface area contributed by atoms with Crippen molar-refractivity contribution >= 4 is 6.08 Å². The minimum Gasteiger partial charge on any atom is -0.497 e. The number of aromatic nitrogens is 1. The van der Waals surface area contributed by atoms with Gasteiger partial charge < -0.3 is 19.5 Å². The van der Waals surface area contributed by atoms with Crippen molar-refractivity contribution in [3.8, 4) is 11.6 Å². The monoisotopic (exact) mass is 354 g/mol. The predicted octanol–water partition coefficient (Wildman–Crippen LogP) is 3.45. The van der Waals surface area contributed by atoms with Gasteiger partial charge in [-0.15, -0.1) is 0 Å². The zero-order valence-electron chi connectivity index (χ0n) is 15.4. The van der Waals surface area contributed by atoms with Crippen molar-refractivity contribution in [2.24, 2.45) is 0 Å². The summed E-state index contributed by atoms with van der Waals surface area (Å²) in [5, 5.41) is 3.46. The standard InChI is InChI=1S/C21H26N2O3/c1-16(11-17-3-5-19(24-2)6-4-17)13-22-14-18-7-9-23-21(12-18)26-20-8-10-25-15-20/h3-7,9,11-12,20,22H,8,10,13-15H2,1-2H3. The average Bonchev–Trinajstić information content (AvgIpc) is 3.16. The first-order valence-corrected chi connectivity index (χ1v) is 8.94. The van der Waals surface area contributed by atoms with Gasteiger partial charge in [-0.05, 0) is 36.2 Å². The van der Waals surface area contributed by atoms with Crippen LogP contribution in [0.1, 0.15) is 24.5 Å². The fourth-order valence-electron chi connectivity index (χ4n) is 2.84. The molecule has 2 heterocycles. The van der Waals surface area contributed by atoms with Gasteiger partial charge in [0.15, 0.2) is 0 Å². The van der Waals surface area contributed by atoms with Crippen LogP contribution in [0.4, 0.5) is 0 Å². The molecule has 1 aromatic heterocycles. The number of nitrogens with zero attached hydrogens (tertiary/aromatic N) is 1. The second kappa shape index (κ2) is 9.36. The summed E-state index contributed by atoms with van der Waals surface area (Å²) in [5.74, 6) is 1.54. The van der Waals surface area contributed by atoms with E-state index in [0.29, 0.717) is 12.5 Å². The van der Waals surface area contributed by atoms with Crippen molar-refractivity contribution in [2.45, 2.75) is 26.0 Å². The van der Waals surface area contributed by atoms with E-state index < -0.39 is 0 Å². The summed E-state index contributed by atoms with van der Waals surface area (Å²) in [5.41, 5.74) is 3.60. The minimum atomic E-state index is 0.125. The van der Waals surface area contributed by atoms with Crippen molar-refractivity contribution in [2.75, 3.05) is 26.9 Å². The normalized spacial score (nSPS) is 17.3. The molecule has 0 amide bonds. The maximum atomic E-state index is 5.86. The molecule has 2 aromatic rings. The highest BCUT2D eigenvalue weighted by Gasteiger charge is 2.17. The summed E-state index contributed by atoms with van der Waals surface area (Å²) in [7, 11) is 1.68. The molecule has 0 radical (unpaired) electrons. The highest BCUT2D eigenvalue weighted by molar-refractivity contribution is 5.53. The van der Waals surface area contributed by atoms with Crippen LogP contribution in [0.5, 0.6) is 11.6 Å². The van der Waals surface area contributed by atoms with Gasteiger partial charge in [0.2, 0.25) is 5.88 Å². The van der Waals surface area contributed by atoms with Crippen LogP contribution >= 0.6 is 0 Å². The molecule has 1 atom stereocenters. The molecule has 0 saturated carbocycles. The molecule has 5 nitrogen and oxygen atoms in total. The molecule has 5 heteroatoms. The molecule has 3 rings (SSSR count). The van der Waals surface area contributed by atoms with Crippen LogP contribution in [0, 0.1) is 0 Å². The van der Waals surface area contributed by atoms with Crippen LogP contribution in [0.3, 0.4) is 0 Å². The molecule has 0 bridgehead atoms. The Morgan fingerprint density at radius 1 is 1.31 bits per heavy atom. The summed E-state index contributed by atoms with van der Waals surface area (Å²) in [4.78, 5) is 4.29. The third kappa shape index (κ3) is 5.58. The second-order valence-corrected chi connectivity index (χ2v) is 6.47. The van der Waals surface area contributed by atoms with E-state index in [1.807, 2.05) is 24.3 Å². The van der Waals surface area contributed by atoms with Crippen molar-refractivity contribution < 1.29 is 14.2 Å². The number of pyridine rings is 1. The van der Waals surface area contributed by atoms with Crippen LogP contribution in [-0.2, 0) is 11.3 Å². The smallest absolute Gasteiger partial charge is 0.213 e. The summed E-state index contributed by atoms with van der Waals surface area (Å²) >= 11 is 0. The van der Waals surface area contributed by atoms with Gasteiger partial charge in [0.1, 0.15) is 11.9 Å². The van der Waals surface area contributed by atoms with Gasteiger partial charge in [-0.3, -0.25) is 0 Å². The molecule has 0 spiro atoms.